The lowest BCUT2D eigenvalue weighted by atomic mass is 9.87. The van der Waals surface area contributed by atoms with Crippen molar-refractivity contribution in [2.24, 2.45) is 5.92 Å². The van der Waals surface area contributed by atoms with Crippen molar-refractivity contribution in [3.63, 3.8) is 0 Å². The topological polar surface area (TPSA) is 67.9 Å². The SMILES string of the molecule is CC(C)CC(=O)N1CCc2ccc(OC(C)C(=O)NCC3CCCO3)cc2C1c1ccc(F)cc1. The number of ether oxygens (including phenoxy) is 2. The Bertz CT molecular complexity index is 1030. The molecule has 188 valence electrons. The lowest BCUT2D eigenvalue weighted by Crippen LogP contribution is -2.41. The Kier molecular flexibility index (Phi) is 8.06. The highest BCUT2D eigenvalue weighted by Crippen LogP contribution is 2.38. The molecule has 2 aliphatic rings. The third kappa shape index (κ3) is 6.20. The van der Waals surface area contributed by atoms with Gasteiger partial charge in [-0.25, -0.2) is 4.39 Å². The molecule has 1 saturated heterocycles. The van der Waals surface area contributed by atoms with E-state index in [1.54, 1.807) is 19.1 Å². The molecule has 2 aromatic rings. The first kappa shape index (κ1) is 25.2. The average molecular weight is 483 g/mol. The predicted octanol–water partition coefficient (Wildman–Crippen LogP) is 4.41. The molecule has 4 rings (SSSR count). The molecule has 35 heavy (non-hydrogen) atoms. The molecule has 2 heterocycles. The van der Waals surface area contributed by atoms with Crippen LogP contribution in [0.2, 0.25) is 0 Å². The number of carbonyl (C=O) groups is 2. The summed E-state index contributed by atoms with van der Waals surface area (Å²) in [6.45, 7) is 7.60. The van der Waals surface area contributed by atoms with E-state index < -0.39 is 6.10 Å². The lowest BCUT2D eigenvalue weighted by molar-refractivity contribution is -0.134. The van der Waals surface area contributed by atoms with Crippen molar-refractivity contribution in [1.82, 2.24) is 10.2 Å². The number of carbonyl (C=O) groups excluding carboxylic acids is 2. The van der Waals surface area contributed by atoms with Gasteiger partial charge in [-0.05, 0) is 73.1 Å². The molecule has 1 N–H and O–H groups in total. The summed E-state index contributed by atoms with van der Waals surface area (Å²) in [7, 11) is 0. The van der Waals surface area contributed by atoms with Gasteiger partial charge in [0.05, 0.1) is 12.1 Å². The molecule has 3 unspecified atom stereocenters. The highest BCUT2D eigenvalue weighted by Gasteiger charge is 2.33. The van der Waals surface area contributed by atoms with Crippen LogP contribution in [0.5, 0.6) is 5.75 Å². The predicted molar refractivity (Wildman–Crippen MR) is 132 cm³/mol. The Morgan fingerprint density at radius 1 is 1.17 bits per heavy atom. The van der Waals surface area contributed by atoms with Gasteiger partial charge in [0.25, 0.3) is 5.91 Å². The van der Waals surface area contributed by atoms with E-state index in [0.717, 1.165) is 42.6 Å². The Balaban J connectivity index is 1.55. The number of hydrogen-bond acceptors (Lipinski definition) is 4. The van der Waals surface area contributed by atoms with Gasteiger partial charge in [0.1, 0.15) is 11.6 Å². The van der Waals surface area contributed by atoms with Crippen molar-refractivity contribution < 1.29 is 23.5 Å². The fraction of sp³-hybridized carbons (Fsp3) is 0.500. The number of nitrogens with zero attached hydrogens (tertiary/aromatic N) is 1. The molecule has 0 saturated carbocycles. The Morgan fingerprint density at radius 3 is 2.63 bits per heavy atom. The van der Waals surface area contributed by atoms with Gasteiger partial charge in [0, 0.05) is 26.1 Å². The van der Waals surface area contributed by atoms with E-state index in [1.165, 1.54) is 12.1 Å². The van der Waals surface area contributed by atoms with Crippen LogP contribution in [-0.2, 0) is 20.7 Å². The first-order valence-corrected chi connectivity index (χ1v) is 12.6. The number of amides is 2. The number of nitrogens with one attached hydrogen (secondary N) is 1. The molecule has 1 fully saturated rings. The maximum absolute atomic E-state index is 13.7. The van der Waals surface area contributed by atoms with Gasteiger partial charge in [0.15, 0.2) is 6.10 Å². The molecule has 0 spiro atoms. The number of fused-ring (bicyclic) bond motifs is 1. The molecular formula is C28H35FN2O4. The van der Waals surface area contributed by atoms with Crippen LogP contribution in [-0.4, -0.2) is 48.6 Å². The normalized spacial score (nSPS) is 20.4. The van der Waals surface area contributed by atoms with Crippen molar-refractivity contribution in [3.05, 3.63) is 65.0 Å². The van der Waals surface area contributed by atoms with Gasteiger partial charge in [0.2, 0.25) is 5.91 Å². The Hall–Kier alpha value is -2.93. The smallest absolute Gasteiger partial charge is 0.260 e. The maximum Gasteiger partial charge on any atom is 0.260 e. The van der Waals surface area contributed by atoms with Gasteiger partial charge in [-0.1, -0.05) is 32.0 Å². The fourth-order valence-corrected chi connectivity index (χ4v) is 4.83. The summed E-state index contributed by atoms with van der Waals surface area (Å²) in [6, 6.07) is 11.8. The second-order valence-electron chi connectivity index (χ2n) is 9.89. The van der Waals surface area contributed by atoms with E-state index in [1.807, 2.05) is 36.9 Å². The van der Waals surface area contributed by atoms with E-state index in [9.17, 15) is 14.0 Å². The van der Waals surface area contributed by atoms with E-state index >= 15 is 0 Å². The van der Waals surface area contributed by atoms with Crippen molar-refractivity contribution in [2.75, 3.05) is 19.7 Å². The molecule has 2 aliphatic heterocycles. The van der Waals surface area contributed by atoms with Crippen LogP contribution in [0.4, 0.5) is 4.39 Å². The fourth-order valence-electron chi connectivity index (χ4n) is 4.83. The summed E-state index contributed by atoms with van der Waals surface area (Å²) in [5.74, 6) is 0.371. The average Bonchev–Trinajstić information content (AvgIpc) is 3.35. The van der Waals surface area contributed by atoms with Gasteiger partial charge >= 0.3 is 0 Å². The Labute approximate surface area is 206 Å². The first-order chi connectivity index (χ1) is 16.8. The molecule has 0 bridgehead atoms. The second kappa shape index (κ2) is 11.2. The highest BCUT2D eigenvalue weighted by molar-refractivity contribution is 5.80. The number of hydrogen-bond donors (Lipinski definition) is 1. The van der Waals surface area contributed by atoms with Crippen molar-refractivity contribution in [1.29, 1.82) is 0 Å². The van der Waals surface area contributed by atoms with Crippen LogP contribution in [0.25, 0.3) is 0 Å². The largest absolute Gasteiger partial charge is 0.481 e. The Morgan fingerprint density at radius 2 is 1.94 bits per heavy atom. The zero-order valence-electron chi connectivity index (χ0n) is 20.8. The number of rotatable bonds is 8. The summed E-state index contributed by atoms with van der Waals surface area (Å²) < 4.78 is 25.2. The second-order valence-corrected chi connectivity index (χ2v) is 9.89. The van der Waals surface area contributed by atoms with Gasteiger partial charge < -0.3 is 19.7 Å². The number of benzene rings is 2. The monoisotopic (exact) mass is 482 g/mol. The molecular weight excluding hydrogens is 447 g/mol. The zero-order chi connectivity index (χ0) is 24.9. The van der Waals surface area contributed by atoms with Crippen LogP contribution in [0.15, 0.2) is 42.5 Å². The van der Waals surface area contributed by atoms with E-state index in [2.05, 4.69) is 5.32 Å². The third-order valence-corrected chi connectivity index (χ3v) is 6.64. The molecule has 3 atom stereocenters. The molecule has 2 aromatic carbocycles. The van der Waals surface area contributed by atoms with Crippen LogP contribution in [0.1, 0.15) is 62.8 Å². The standard InChI is InChI=1S/C28H35FN2O4/c1-18(2)15-26(32)31-13-12-20-8-11-23(16-25(20)27(31)21-6-9-22(29)10-7-21)35-19(3)28(33)30-17-24-5-4-14-34-24/h6-11,16,18-19,24,27H,4-5,12-15,17H2,1-3H3,(H,30,33). The molecule has 7 heteroatoms. The minimum absolute atomic E-state index is 0.0701. The molecule has 0 radical (unpaired) electrons. The van der Waals surface area contributed by atoms with Crippen LogP contribution >= 0.6 is 0 Å². The molecule has 0 aromatic heterocycles. The first-order valence-electron chi connectivity index (χ1n) is 12.6. The van der Waals surface area contributed by atoms with Gasteiger partial charge in [-0.3, -0.25) is 9.59 Å². The van der Waals surface area contributed by atoms with Crippen molar-refractivity contribution >= 4 is 11.8 Å². The van der Waals surface area contributed by atoms with E-state index in [0.29, 0.717) is 25.3 Å². The lowest BCUT2D eigenvalue weighted by Gasteiger charge is -2.38. The summed E-state index contributed by atoms with van der Waals surface area (Å²) in [6.07, 6.45) is 2.55. The highest BCUT2D eigenvalue weighted by atomic mass is 19.1. The summed E-state index contributed by atoms with van der Waals surface area (Å²) in [4.78, 5) is 27.6. The van der Waals surface area contributed by atoms with E-state index in [-0.39, 0.29) is 35.7 Å². The molecule has 6 nitrogen and oxygen atoms in total. The van der Waals surface area contributed by atoms with Gasteiger partial charge in [-0.15, -0.1) is 0 Å². The van der Waals surface area contributed by atoms with Crippen LogP contribution in [0.3, 0.4) is 0 Å². The van der Waals surface area contributed by atoms with Crippen LogP contribution in [0, 0.1) is 11.7 Å². The quantitative estimate of drug-likeness (QED) is 0.605. The van der Waals surface area contributed by atoms with Gasteiger partial charge in [-0.2, -0.15) is 0 Å². The summed E-state index contributed by atoms with van der Waals surface area (Å²) in [5.41, 5.74) is 2.92. The number of halogens is 1. The summed E-state index contributed by atoms with van der Waals surface area (Å²) in [5, 5.41) is 2.91. The minimum Gasteiger partial charge on any atom is -0.481 e. The molecule has 0 aliphatic carbocycles. The zero-order valence-corrected chi connectivity index (χ0v) is 20.8. The van der Waals surface area contributed by atoms with Crippen molar-refractivity contribution in [3.8, 4) is 5.75 Å². The van der Waals surface area contributed by atoms with Crippen molar-refractivity contribution in [2.45, 2.75) is 64.7 Å². The van der Waals surface area contributed by atoms with E-state index in [4.69, 9.17) is 9.47 Å². The maximum atomic E-state index is 13.7. The molecule has 2 amide bonds. The van der Waals surface area contributed by atoms with Crippen LogP contribution < -0.4 is 10.1 Å². The third-order valence-electron chi connectivity index (χ3n) is 6.64. The summed E-state index contributed by atoms with van der Waals surface area (Å²) >= 11 is 0. The minimum atomic E-state index is -0.680.